The molecule has 1 N–H and O–H groups in total. The molecule has 0 aromatic heterocycles. The van der Waals surface area contributed by atoms with E-state index >= 15 is 0 Å². The lowest BCUT2D eigenvalue weighted by atomic mass is 9.96. The molecule has 1 atom stereocenters. The molecule has 1 aromatic rings. The van der Waals surface area contributed by atoms with Gasteiger partial charge in [-0.3, -0.25) is 14.5 Å². The Kier molecular flexibility index (Phi) is 5.51. The summed E-state index contributed by atoms with van der Waals surface area (Å²) in [5.41, 5.74) is 0.785. The Morgan fingerprint density at radius 1 is 1.24 bits per heavy atom. The lowest BCUT2D eigenvalue weighted by molar-refractivity contribution is -0.120. The van der Waals surface area contributed by atoms with Crippen molar-refractivity contribution in [3.8, 4) is 0 Å². The maximum atomic E-state index is 12.6. The summed E-state index contributed by atoms with van der Waals surface area (Å²) >= 11 is 0. The average Bonchev–Trinajstić information content (AvgIpc) is 2.50. The molecule has 0 radical (unpaired) electrons. The Bertz CT molecular complexity index is 479. The monoisotopic (exact) mass is 288 g/mol. The van der Waals surface area contributed by atoms with E-state index in [9.17, 15) is 9.59 Å². The molecule has 0 saturated carbocycles. The molecular weight excluding hydrogens is 264 g/mol. The number of likely N-dealkylation sites (tertiary alicyclic amines) is 1. The molecule has 1 saturated heterocycles. The van der Waals surface area contributed by atoms with Crippen LogP contribution < -0.4 is 5.32 Å². The van der Waals surface area contributed by atoms with E-state index < -0.39 is 0 Å². The van der Waals surface area contributed by atoms with E-state index in [2.05, 4.69) is 17.1 Å². The van der Waals surface area contributed by atoms with Gasteiger partial charge in [0.25, 0.3) is 0 Å². The van der Waals surface area contributed by atoms with Crippen LogP contribution in [0.4, 0.5) is 0 Å². The largest absolute Gasteiger partial charge is 0.354 e. The van der Waals surface area contributed by atoms with Gasteiger partial charge in [0.1, 0.15) is 0 Å². The first kappa shape index (κ1) is 15.7. The fraction of sp³-hybridized carbons (Fsp3) is 0.529. The van der Waals surface area contributed by atoms with Crippen LogP contribution in [0.5, 0.6) is 0 Å². The van der Waals surface area contributed by atoms with Gasteiger partial charge in [0.2, 0.25) is 5.91 Å². The number of nitrogens with zero attached hydrogens (tertiary/aromatic N) is 1. The van der Waals surface area contributed by atoms with Crippen LogP contribution in [0.25, 0.3) is 0 Å². The maximum Gasteiger partial charge on any atom is 0.217 e. The van der Waals surface area contributed by atoms with E-state index in [1.807, 2.05) is 30.3 Å². The van der Waals surface area contributed by atoms with Crippen molar-refractivity contribution in [3.63, 3.8) is 0 Å². The van der Waals surface area contributed by atoms with Crippen LogP contribution in [0.2, 0.25) is 0 Å². The number of amides is 1. The van der Waals surface area contributed by atoms with E-state index in [4.69, 9.17) is 0 Å². The Morgan fingerprint density at radius 2 is 1.86 bits per heavy atom. The molecule has 21 heavy (non-hydrogen) atoms. The summed E-state index contributed by atoms with van der Waals surface area (Å²) in [6.45, 7) is 5.34. The van der Waals surface area contributed by atoms with Gasteiger partial charge < -0.3 is 5.32 Å². The van der Waals surface area contributed by atoms with Gasteiger partial charge >= 0.3 is 0 Å². The first-order valence-corrected chi connectivity index (χ1v) is 7.72. The van der Waals surface area contributed by atoms with Gasteiger partial charge in [0.05, 0.1) is 6.04 Å². The number of hydrogen-bond acceptors (Lipinski definition) is 3. The zero-order valence-corrected chi connectivity index (χ0v) is 12.8. The van der Waals surface area contributed by atoms with Crippen LogP contribution in [0.3, 0.4) is 0 Å². The van der Waals surface area contributed by atoms with Crippen molar-refractivity contribution in [2.75, 3.05) is 13.1 Å². The molecule has 1 aliphatic heterocycles. The van der Waals surface area contributed by atoms with Crippen LogP contribution in [-0.4, -0.2) is 41.8 Å². The van der Waals surface area contributed by atoms with Crippen molar-refractivity contribution in [1.82, 2.24) is 10.2 Å². The summed E-state index contributed by atoms with van der Waals surface area (Å²) in [5.74, 6) is 0.233. The Labute approximate surface area is 126 Å². The van der Waals surface area contributed by atoms with Crippen LogP contribution in [0.15, 0.2) is 30.3 Å². The number of Topliss-reactive ketones (excluding diaryl/α,β-unsaturated/α-hetero) is 1. The summed E-state index contributed by atoms with van der Waals surface area (Å²) in [6.07, 6.45) is 2.65. The molecule has 4 heteroatoms. The summed E-state index contributed by atoms with van der Waals surface area (Å²) in [4.78, 5) is 26.0. The third kappa shape index (κ3) is 4.14. The Balaban J connectivity index is 1.97. The number of hydrogen-bond donors (Lipinski definition) is 1. The van der Waals surface area contributed by atoms with E-state index in [-0.39, 0.29) is 23.8 Å². The Hall–Kier alpha value is -1.68. The molecule has 0 spiro atoms. The standard InChI is InChI=1S/C17H24N2O2/c1-3-16(17(21)14-7-5-4-6-8-14)19-11-9-15(10-12-19)18-13(2)20/h4-8,15-16H,3,9-12H2,1-2H3,(H,18,20). The topological polar surface area (TPSA) is 49.4 Å². The number of benzene rings is 1. The van der Waals surface area contributed by atoms with Gasteiger partial charge in [-0.15, -0.1) is 0 Å². The smallest absolute Gasteiger partial charge is 0.217 e. The highest BCUT2D eigenvalue weighted by Crippen LogP contribution is 2.18. The molecule has 114 valence electrons. The summed E-state index contributed by atoms with van der Waals surface area (Å²) in [7, 11) is 0. The molecule has 1 aliphatic rings. The first-order valence-electron chi connectivity index (χ1n) is 7.72. The van der Waals surface area contributed by atoms with Gasteiger partial charge in [-0.2, -0.15) is 0 Å². The molecule has 0 aliphatic carbocycles. The third-order valence-electron chi connectivity index (χ3n) is 4.13. The molecule has 1 heterocycles. The second-order valence-electron chi connectivity index (χ2n) is 5.67. The van der Waals surface area contributed by atoms with E-state index in [1.54, 1.807) is 6.92 Å². The van der Waals surface area contributed by atoms with Crippen molar-refractivity contribution in [2.24, 2.45) is 0 Å². The normalized spacial score (nSPS) is 18.2. The average molecular weight is 288 g/mol. The van der Waals surface area contributed by atoms with E-state index in [1.165, 1.54) is 0 Å². The van der Waals surface area contributed by atoms with E-state index in [0.717, 1.165) is 37.9 Å². The minimum Gasteiger partial charge on any atom is -0.354 e. The molecule has 0 bridgehead atoms. The summed E-state index contributed by atoms with van der Waals surface area (Å²) in [6, 6.07) is 9.71. The number of carbonyl (C=O) groups excluding carboxylic acids is 2. The number of carbonyl (C=O) groups is 2. The molecule has 1 amide bonds. The number of rotatable bonds is 5. The minimum atomic E-state index is -0.0503. The summed E-state index contributed by atoms with van der Waals surface area (Å²) in [5, 5.41) is 2.97. The second-order valence-corrected chi connectivity index (χ2v) is 5.67. The lowest BCUT2D eigenvalue weighted by Gasteiger charge is -2.36. The molecule has 1 unspecified atom stereocenters. The molecule has 4 nitrogen and oxygen atoms in total. The quantitative estimate of drug-likeness (QED) is 0.845. The highest BCUT2D eigenvalue weighted by Gasteiger charge is 2.29. The zero-order chi connectivity index (χ0) is 15.2. The number of piperidine rings is 1. The SMILES string of the molecule is CCC(C(=O)c1ccccc1)N1CCC(NC(C)=O)CC1. The van der Waals surface area contributed by atoms with Gasteiger partial charge in [0, 0.05) is 31.6 Å². The molecule has 1 fully saturated rings. The van der Waals surface area contributed by atoms with Gasteiger partial charge in [-0.1, -0.05) is 37.3 Å². The maximum absolute atomic E-state index is 12.6. The van der Waals surface area contributed by atoms with Crippen molar-refractivity contribution in [1.29, 1.82) is 0 Å². The van der Waals surface area contributed by atoms with Crippen molar-refractivity contribution in [3.05, 3.63) is 35.9 Å². The van der Waals surface area contributed by atoms with Crippen molar-refractivity contribution >= 4 is 11.7 Å². The minimum absolute atomic E-state index is 0.0286. The van der Waals surface area contributed by atoms with Gasteiger partial charge in [0.15, 0.2) is 5.78 Å². The number of ketones is 1. The highest BCUT2D eigenvalue weighted by molar-refractivity contribution is 6.00. The second kappa shape index (κ2) is 7.36. The fourth-order valence-corrected chi connectivity index (χ4v) is 3.05. The molecular formula is C17H24N2O2. The predicted octanol–water partition coefficient (Wildman–Crippen LogP) is 2.25. The fourth-order valence-electron chi connectivity index (χ4n) is 3.05. The molecule has 1 aromatic carbocycles. The molecule has 2 rings (SSSR count). The van der Waals surface area contributed by atoms with Crippen LogP contribution in [-0.2, 0) is 4.79 Å². The van der Waals surface area contributed by atoms with Gasteiger partial charge in [-0.25, -0.2) is 0 Å². The van der Waals surface area contributed by atoms with Crippen LogP contribution in [0, 0.1) is 0 Å². The number of nitrogens with one attached hydrogen (secondary N) is 1. The first-order chi connectivity index (χ1) is 10.1. The highest BCUT2D eigenvalue weighted by atomic mass is 16.1. The third-order valence-corrected chi connectivity index (χ3v) is 4.13. The summed E-state index contributed by atoms with van der Waals surface area (Å²) < 4.78 is 0. The van der Waals surface area contributed by atoms with Gasteiger partial charge in [-0.05, 0) is 19.3 Å². The van der Waals surface area contributed by atoms with E-state index in [0.29, 0.717) is 0 Å². The van der Waals surface area contributed by atoms with Crippen LogP contribution >= 0.6 is 0 Å². The lowest BCUT2D eigenvalue weighted by Crippen LogP contribution is -2.49. The predicted molar refractivity (Wildman–Crippen MR) is 83.3 cm³/mol. The van der Waals surface area contributed by atoms with Crippen molar-refractivity contribution in [2.45, 2.75) is 45.2 Å². The van der Waals surface area contributed by atoms with Crippen LogP contribution in [0.1, 0.15) is 43.5 Å². The zero-order valence-electron chi connectivity index (χ0n) is 12.8. The van der Waals surface area contributed by atoms with Crippen molar-refractivity contribution < 1.29 is 9.59 Å². The Morgan fingerprint density at radius 3 is 2.38 bits per heavy atom.